The maximum Gasteiger partial charge on any atom is 0.216 e. The number of anilines is 1. The van der Waals surface area contributed by atoms with Crippen molar-refractivity contribution in [3.63, 3.8) is 0 Å². The van der Waals surface area contributed by atoms with Crippen LogP contribution in [0.1, 0.15) is 18.3 Å². The van der Waals surface area contributed by atoms with Crippen molar-refractivity contribution in [2.45, 2.75) is 24.3 Å². The Bertz CT molecular complexity index is 474. The van der Waals surface area contributed by atoms with Gasteiger partial charge in [-0.2, -0.15) is 10.1 Å². The van der Waals surface area contributed by atoms with E-state index >= 15 is 0 Å². The van der Waals surface area contributed by atoms with Gasteiger partial charge in [0.25, 0.3) is 0 Å². The normalized spacial score (nSPS) is 10.9. The predicted octanol–water partition coefficient (Wildman–Crippen LogP) is 0.975. The molecule has 0 saturated heterocycles. The number of rotatable bonds is 4. The number of aryl methyl sites for hydroxylation is 2. The number of nitrogens with one attached hydrogen (secondary N) is 1. The summed E-state index contributed by atoms with van der Waals surface area (Å²) in [6.07, 6.45) is 0.951. The van der Waals surface area contributed by atoms with Gasteiger partial charge in [-0.3, -0.25) is 4.68 Å². The van der Waals surface area contributed by atoms with E-state index in [9.17, 15) is 0 Å². The van der Waals surface area contributed by atoms with Crippen LogP contribution >= 0.6 is 11.8 Å². The van der Waals surface area contributed by atoms with Crippen LogP contribution in [0.5, 0.6) is 0 Å². The number of H-pyrrole nitrogens is 1. The van der Waals surface area contributed by atoms with Crippen molar-refractivity contribution < 1.29 is 0 Å². The second kappa shape index (κ2) is 4.56. The van der Waals surface area contributed by atoms with Crippen molar-refractivity contribution >= 4 is 17.7 Å². The summed E-state index contributed by atoms with van der Waals surface area (Å²) in [5.41, 5.74) is 7.70. The molecule has 2 aromatic rings. The van der Waals surface area contributed by atoms with E-state index in [1.807, 2.05) is 11.7 Å². The van der Waals surface area contributed by atoms with Crippen molar-refractivity contribution in [3.8, 4) is 0 Å². The summed E-state index contributed by atoms with van der Waals surface area (Å²) in [5.74, 6) is 1.14. The van der Waals surface area contributed by atoms with Crippen LogP contribution in [0.15, 0.2) is 11.2 Å². The molecule has 0 aliphatic heterocycles. The lowest BCUT2D eigenvalue weighted by molar-refractivity contribution is 0.719. The maximum atomic E-state index is 5.44. The van der Waals surface area contributed by atoms with Gasteiger partial charge < -0.3 is 5.73 Å². The van der Waals surface area contributed by atoms with Crippen LogP contribution in [0, 0.1) is 0 Å². The highest BCUT2D eigenvalue weighted by Crippen LogP contribution is 2.19. The van der Waals surface area contributed by atoms with E-state index in [0.717, 1.165) is 23.6 Å². The summed E-state index contributed by atoms with van der Waals surface area (Å²) in [7, 11) is 1.95. The molecule has 0 bridgehead atoms. The van der Waals surface area contributed by atoms with Crippen LogP contribution in [0.3, 0.4) is 0 Å². The number of aromatic amines is 1. The fourth-order valence-electron chi connectivity index (χ4n) is 1.34. The van der Waals surface area contributed by atoms with E-state index in [0.29, 0.717) is 11.1 Å². The fourth-order valence-corrected chi connectivity index (χ4v) is 2.16. The summed E-state index contributed by atoms with van der Waals surface area (Å²) in [5, 5.41) is 11.6. The first-order chi connectivity index (χ1) is 7.69. The van der Waals surface area contributed by atoms with Gasteiger partial charge in [0.15, 0.2) is 0 Å². The molecule has 6 nitrogen and oxygen atoms in total. The molecule has 0 amide bonds. The zero-order chi connectivity index (χ0) is 11.5. The number of hydrogen-bond donors (Lipinski definition) is 2. The quantitative estimate of drug-likeness (QED) is 0.775. The molecule has 7 heteroatoms. The summed E-state index contributed by atoms with van der Waals surface area (Å²) < 4.78 is 1.89. The van der Waals surface area contributed by atoms with Gasteiger partial charge in [-0.25, -0.2) is 5.10 Å². The standard InChI is InChI=1S/C9H14N6S/c1-3-6-4-7(15(2)14-6)5-16-9-11-8(10)12-13-9/h4H,3,5H2,1-2H3,(H3,10,11,12,13). The molecule has 0 fully saturated rings. The van der Waals surface area contributed by atoms with Crippen LogP contribution < -0.4 is 5.73 Å². The third-order valence-electron chi connectivity index (χ3n) is 2.22. The molecule has 0 atom stereocenters. The Kier molecular flexibility index (Phi) is 3.14. The second-order valence-corrected chi connectivity index (χ2v) is 4.34. The van der Waals surface area contributed by atoms with Crippen LogP contribution in [0.4, 0.5) is 5.95 Å². The number of aromatic nitrogens is 5. The summed E-state index contributed by atoms with van der Waals surface area (Å²) >= 11 is 1.54. The Morgan fingerprint density at radius 1 is 1.56 bits per heavy atom. The van der Waals surface area contributed by atoms with E-state index in [1.165, 1.54) is 11.8 Å². The van der Waals surface area contributed by atoms with Crippen LogP contribution in [0.25, 0.3) is 0 Å². The Hall–Kier alpha value is -1.50. The average Bonchev–Trinajstić information content (AvgIpc) is 2.82. The number of thioether (sulfide) groups is 1. The Morgan fingerprint density at radius 3 is 2.94 bits per heavy atom. The molecule has 0 aliphatic carbocycles. The molecule has 0 radical (unpaired) electrons. The molecule has 0 aliphatic rings. The van der Waals surface area contributed by atoms with Crippen molar-refractivity contribution in [2.24, 2.45) is 7.05 Å². The molecule has 2 rings (SSSR count). The largest absolute Gasteiger partial charge is 0.368 e. The van der Waals surface area contributed by atoms with E-state index in [1.54, 1.807) is 0 Å². The van der Waals surface area contributed by atoms with Gasteiger partial charge in [-0.15, -0.1) is 5.10 Å². The zero-order valence-electron chi connectivity index (χ0n) is 9.27. The minimum absolute atomic E-state index is 0.349. The van der Waals surface area contributed by atoms with Crippen LogP contribution in [0.2, 0.25) is 0 Å². The Labute approximate surface area is 97.6 Å². The number of nitrogens with two attached hydrogens (primary N) is 1. The molecule has 2 aromatic heterocycles. The van der Waals surface area contributed by atoms with Gasteiger partial charge in [0, 0.05) is 18.5 Å². The van der Waals surface area contributed by atoms with Gasteiger partial charge in [0.1, 0.15) is 0 Å². The fraction of sp³-hybridized carbons (Fsp3) is 0.444. The van der Waals surface area contributed by atoms with Crippen molar-refractivity contribution in [2.75, 3.05) is 5.73 Å². The molecule has 0 saturated carbocycles. The van der Waals surface area contributed by atoms with E-state index in [-0.39, 0.29) is 0 Å². The Morgan fingerprint density at radius 2 is 2.38 bits per heavy atom. The first kappa shape index (κ1) is 11.0. The highest BCUT2D eigenvalue weighted by atomic mass is 32.2. The lowest BCUT2D eigenvalue weighted by atomic mass is 10.3. The molecule has 0 spiro atoms. The van der Waals surface area contributed by atoms with Crippen molar-refractivity contribution in [1.29, 1.82) is 0 Å². The molecular weight excluding hydrogens is 224 g/mol. The SMILES string of the molecule is CCc1cc(CSc2n[nH]c(N)n2)n(C)n1. The van der Waals surface area contributed by atoms with E-state index in [2.05, 4.69) is 33.3 Å². The van der Waals surface area contributed by atoms with Crippen molar-refractivity contribution in [3.05, 3.63) is 17.5 Å². The molecule has 3 N–H and O–H groups in total. The molecule has 16 heavy (non-hydrogen) atoms. The lowest BCUT2D eigenvalue weighted by Crippen LogP contribution is -1.96. The number of nitrogens with zero attached hydrogens (tertiary/aromatic N) is 4. The predicted molar refractivity (Wildman–Crippen MR) is 62.9 cm³/mol. The summed E-state index contributed by atoms with van der Waals surface area (Å²) in [4.78, 5) is 4.03. The number of hydrogen-bond acceptors (Lipinski definition) is 5. The topological polar surface area (TPSA) is 85.4 Å². The third-order valence-corrected chi connectivity index (χ3v) is 3.10. The monoisotopic (exact) mass is 238 g/mol. The second-order valence-electron chi connectivity index (χ2n) is 3.40. The zero-order valence-corrected chi connectivity index (χ0v) is 10.1. The smallest absolute Gasteiger partial charge is 0.216 e. The number of nitrogen functional groups attached to an aromatic ring is 1. The summed E-state index contributed by atoms with van der Waals surface area (Å²) in [6.45, 7) is 2.09. The lowest BCUT2D eigenvalue weighted by Gasteiger charge is -1.97. The molecule has 86 valence electrons. The third kappa shape index (κ3) is 2.35. The van der Waals surface area contributed by atoms with Gasteiger partial charge in [0.05, 0.1) is 5.69 Å². The van der Waals surface area contributed by atoms with Gasteiger partial charge in [0.2, 0.25) is 11.1 Å². The molecular formula is C9H14N6S. The molecule has 2 heterocycles. The first-order valence-electron chi connectivity index (χ1n) is 5.01. The Balaban J connectivity index is 2.01. The maximum absolute atomic E-state index is 5.44. The highest BCUT2D eigenvalue weighted by molar-refractivity contribution is 7.98. The van der Waals surface area contributed by atoms with Crippen LogP contribution in [-0.2, 0) is 19.2 Å². The van der Waals surface area contributed by atoms with Crippen molar-refractivity contribution in [1.82, 2.24) is 25.0 Å². The van der Waals surface area contributed by atoms with Crippen LogP contribution in [-0.4, -0.2) is 25.0 Å². The summed E-state index contributed by atoms with van der Waals surface area (Å²) in [6, 6.07) is 2.10. The minimum atomic E-state index is 0.349. The molecule has 0 aromatic carbocycles. The van der Waals surface area contributed by atoms with Gasteiger partial charge in [-0.05, 0) is 12.5 Å². The molecule has 0 unspecified atom stereocenters. The average molecular weight is 238 g/mol. The minimum Gasteiger partial charge on any atom is -0.368 e. The van der Waals surface area contributed by atoms with Gasteiger partial charge >= 0.3 is 0 Å². The van der Waals surface area contributed by atoms with Gasteiger partial charge in [-0.1, -0.05) is 18.7 Å². The van der Waals surface area contributed by atoms with E-state index < -0.39 is 0 Å². The first-order valence-corrected chi connectivity index (χ1v) is 6.00. The highest BCUT2D eigenvalue weighted by Gasteiger charge is 2.06. The van der Waals surface area contributed by atoms with E-state index in [4.69, 9.17) is 5.73 Å².